The Labute approximate surface area is 102 Å². The van der Waals surface area contributed by atoms with Gasteiger partial charge in [0.1, 0.15) is 5.82 Å². The summed E-state index contributed by atoms with van der Waals surface area (Å²) < 4.78 is 0. The summed E-state index contributed by atoms with van der Waals surface area (Å²) in [5.74, 6) is 0.874. The number of H-pyrrole nitrogens is 1. The molecule has 0 aliphatic carbocycles. The minimum Gasteiger partial charge on any atom is -0.347 e. The van der Waals surface area contributed by atoms with E-state index in [1.165, 1.54) is 0 Å². The van der Waals surface area contributed by atoms with Gasteiger partial charge in [0.25, 0.3) is 0 Å². The lowest BCUT2D eigenvalue weighted by Gasteiger charge is -2.17. The maximum atomic E-state index is 11.8. The van der Waals surface area contributed by atoms with Crippen LogP contribution >= 0.6 is 0 Å². The van der Waals surface area contributed by atoms with E-state index >= 15 is 0 Å². The number of aromatic nitrogens is 2. The van der Waals surface area contributed by atoms with Gasteiger partial charge in [-0.05, 0) is 19.9 Å². The predicted octanol–water partition coefficient (Wildman–Crippen LogP) is 1.37. The first-order chi connectivity index (χ1) is 8.17. The molecular formula is C12H22N4O. The van der Waals surface area contributed by atoms with E-state index in [-0.39, 0.29) is 18.0 Å². The number of aromatic amines is 1. The third kappa shape index (κ3) is 4.56. The molecule has 5 heteroatoms. The first-order valence-corrected chi connectivity index (χ1v) is 6.19. The van der Waals surface area contributed by atoms with Gasteiger partial charge in [0, 0.05) is 24.9 Å². The molecule has 1 amide bonds. The molecule has 0 fully saturated rings. The molecule has 0 saturated heterocycles. The van der Waals surface area contributed by atoms with Gasteiger partial charge in [0.05, 0.1) is 6.04 Å². The summed E-state index contributed by atoms with van der Waals surface area (Å²) >= 11 is 0. The van der Waals surface area contributed by atoms with Gasteiger partial charge in [-0.2, -0.15) is 0 Å². The smallest absolute Gasteiger partial charge is 0.222 e. The monoisotopic (exact) mass is 238 g/mol. The number of nitrogens with zero attached hydrogens (tertiary/aromatic N) is 1. The van der Waals surface area contributed by atoms with Crippen molar-refractivity contribution >= 4 is 5.91 Å². The first-order valence-electron chi connectivity index (χ1n) is 6.19. The molecular weight excluding hydrogens is 216 g/mol. The van der Waals surface area contributed by atoms with Crippen LogP contribution in [0.25, 0.3) is 0 Å². The highest BCUT2D eigenvalue weighted by molar-refractivity contribution is 5.76. The Morgan fingerprint density at radius 3 is 2.82 bits per heavy atom. The fourth-order valence-electron chi connectivity index (χ4n) is 1.78. The normalized spacial score (nSPS) is 14.3. The minimum absolute atomic E-state index is 0.0219. The van der Waals surface area contributed by atoms with E-state index in [2.05, 4.69) is 20.6 Å². The van der Waals surface area contributed by atoms with Gasteiger partial charge in [0.2, 0.25) is 5.91 Å². The lowest BCUT2D eigenvalue weighted by atomic mass is 10.1. The van der Waals surface area contributed by atoms with Crippen LogP contribution in [0.1, 0.15) is 45.5 Å². The van der Waals surface area contributed by atoms with Crippen LogP contribution < -0.4 is 10.6 Å². The fourth-order valence-corrected chi connectivity index (χ4v) is 1.78. The third-order valence-corrected chi connectivity index (χ3v) is 2.64. The molecule has 1 aromatic rings. The van der Waals surface area contributed by atoms with E-state index in [0.29, 0.717) is 6.42 Å². The molecule has 1 rings (SSSR count). The minimum atomic E-state index is -0.0219. The van der Waals surface area contributed by atoms with Crippen LogP contribution in [0, 0.1) is 0 Å². The van der Waals surface area contributed by atoms with E-state index in [0.717, 1.165) is 18.8 Å². The van der Waals surface area contributed by atoms with Gasteiger partial charge in [-0.25, -0.2) is 4.98 Å². The Bertz CT molecular complexity index is 323. The molecule has 96 valence electrons. The van der Waals surface area contributed by atoms with Crippen molar-refractivity contribution in [1.82, 2.24) is 20.6 Å². The highest BCUT2D eigenvalue weighted by Gasteiger charge is 2.15. The zero-order chi connectivity index (χ0) is 12.7. The second-order valence-corrected chi connectivity index (χ2v) is 4.17. The molecule has 0 saturated carbocycles. The largest absolute Gasteiger partial charge is 0.347 e. The molecule has 0 bridgehead atoms. The number of nitrogens with one attached hydrogen (secondary N) is 3. The molecule has 1 heterocycles. The van der Waals surface area contributed by atoms with Crippen molar-refractivity contribution in [1.29, 1.82) is 0 Å². The van der Waals surface area contributed by atoms with Gasteiger partial charge >= 0.3 is 0 Å². The van der Waals surface area contributed by atoms with Crippen molar-refractivity contribution in [2.24, 2.45) is 0 Å². The summed E-state index contributed by atoms with van der Waals surface area (Å²) in [6.07, 6.45) is 4.79. The highest BCUT2D eigenvalue weighted by Crippen LogP contribution is 2.11. The molecule has 3 N–H and O–H groups in total. The van der Waals surface area contributed by atoms with Crippen LogP contribution in [-0.2, 0) is 4.79 Å². The van der Waals surface area contributed by atoms with Gasteiger partial charge in [0.15, 0.2) is 0 Å². The second-order valence-electron chi connectivity index (χ2n) is 4.17. The Kier molecular flexibility index (Phi) is 5.69. The zero-order valence-corrected chi connectivity index (χ0v) is 10.8. The standard InChI is InChI=1S/C12H22N4O/c1-4-10(12-14-6-7-15-12)16-11(17)8-9(3)13-5-2/h6-7,9-10,13H,4-5,8H2,1-3H3,(H,14,15)(H,16,17). The van der Waals surface area contributed by atoms with Crippen molar-refractivity contribution in [3.63, 3.8) is 0 Å². The number of hydrogen-bond donors (Lipinski definition) is 3. The Balaban J connectivity index is 2.43. The molecule has 0 aliphatic heterocycles. The molecule has 2 unspecified atom stereocenters. The summed E-state index contributed by atoms with van der Waals surface area (Å²) in [6, 6.07) is 0.181. The van der Waals surface area contributed by atoms with Crippen LogP contribution in [0.4, 0.5) is 0 Å². The Hall–Kier alpha value is -1.36. The van der Waals surface area contributed by atoms with E-state index in [1.807, 2.05) is 20.8 Å². The van der Waals surface area contributed by atoms with Crippen molar-refractivity contribution in [2.75, 3.05) is 6.54 Å². The zero-order valence-electron chi connectivity index (χ0n) is 10.8. The summed E-state index contributed by atoms with van der Waals surface area (Å²) in [5.41, 5.74) is 0. The lowest BCUT2D eigenvalue weighted by Crippen LogP contribution is -2.35. The summed E-state index contributed by atoms with van der Waals surface area (Å²) in [7, 11) is 0. The first kappa shape index (κ1) is 13.7. The van der Waals surface area contributed by atoms with E-state index in [9.17, 15) is 4.79 Å². The molecule has 17 heavy (non-hydrogen) atoms. The van der Waals surface area contributed by atoms with Gasteiger partial charge in [-0.3, -0.25) is 4.79 Å². The van der Waals surface area contributed by atoms with Crippen LogP contribution in [0.5, 0.6) is 0 Å². The number of imidazole rings is 1. The summed E-state index contributed by atoms with van der Waals surface area (Å²) in [4.78, 5) is 19.0. The summed E-state index contributed by atoms with van der Waals surface area (Å²) in [6.45, 7) is 6.95. The number of hydrogen-bond acceptors (Lipinski definition) is 3. The second kappa shape index (κ2) is 7.06. The van der Waals surface area contributed by atoms with Crippen LogP contribution in [0.15, 0.2) is 12.4 Å². The van der Waals surface area contributed by atoms with Crippen molar-refractivity contribution in [3.05, 3.63) is 18.2 Å². The topological polar surface area (TPSA) is 69.8 Å². The third-order valence-electron chi connectivity index (χ3n) is 2.64. The maximum absolute atomic E-state index is 11.8. The number of carbonyl (C=O) groups is 1. The van der Waals surface area contributed by atoms with Gasteiger partial charge < -0.3 is 15.6 Å². The summed E-state index contributed by atoms with van der Waals surface area (Å²) in [5, 5.41) is 6.20. The number of rotatable bonds is 7. The Morgan fingerprint density at radius 2 is 2.29 bits per heavy atom. The molecule has 0 spiro atoms. The maximum Gasteiger partial charge on any atom is 0.222 e. The highest BCUT2D eigenvalue weighted by atomic mass is 16.1. The average Bonchev–Trinajstić information content (AvgIpc) is 2.79. The molecule has 5 nitrogen and oxygen atoms in total. The van der Waals surface area contributed by atoms with Crippen molar-refractivity contribution in [3.8, 4) is 0 Å². The van der Waals surface area contributed by atoms with Crippen LogP contribution in [-0.4, -0.2) is 28.5 Å². The lowest BCUT2D eigenvalue weighted by molar-refractivity contribution is -0.122. The van der Waals surface area contributed by atoms with E-state index in [4.69, 9.17) is 0 Å². The van der Waals surface area contributed by atoms with Crippen molar-refractivity contribution in [2.45, 2.75) is 45.7 Å². The average molecular weight is 238 g/mol. The van der Waals surface area contributed by atoms with Crippen molar-refractivity contribution < 1.29 is 4.79 Å². The number of amides is 1. The van der Waals surface area contributed by atoms with Gasteiger partial charge in [-0.15, -0.1) is 0 Å². The van der Waals surface area contributed by atoms with Gasteiger partial charge in [-0.1, -0.05) is 13.8 Å². The molecule has 1 aromatic heterocycles. The van der Waals surface area contributed by atoms with E-state index in [1.54, 1.807) is 12.4 Å². The molecule has 0 aromatic carbocycles. The SMILES string of the molecule is CCNC(C)CC(=O)NC(CC)c1ncc[nH]1. The fraction of sp³-hybridized carbons (Fsp3) is 0.667. The molecule has 0 radical (unpaired) electrons. The molecule has 2 atom stereocenters. The quantitative estimate of drug-likeness (QED) is 0.672. The predicted molar refractivity (Wildman–Crippen MR) is 67.5 cm³/mol. The van der Waals surface area contributed by atoms with Crippen LogP contribution in [0.3, 0.4) is 0 Å². The van der Waals surface area contributed by atoms with Crippen LogP contribution in [0.2, 0.25) is 0 Å². The number of carbonyl (C=O) groups excluding carboxylic acids is 1. The van der Waals surface area contributed by atoms with E-state index < -0.39 is 0 Å². The molecule has 0 aliphatic rings. The Morgan fingerprint density at radius 1 is 1.53 bits per heavy atom.